The van der Waals surface area contributed by atoms with Crippen molar-refractivity contribution in [1.29, 1.82) is 0 Å². The third kappa shape index (κ3) is 22.5. The molecule has 6 heavy (non-hydrogen) atoms. The van der Waals surface area contributed by atoms with E-state index in [2.05, 4.69) is 0 Å². The van der Waals surface area contributed by atoms with Crippen LogP contribution in [0, 0.1) is 0 Å². The Morgan fingerprint density at radius 3 is 0.333 bits per heavy atom. The first-order valence-corrected chi connectivity index (χ1v) is 0. The van der Waals surface area contributed by atoms with Crippen LogP contribution in [-0.2, 0) is 0 Å². The Bertz CT molecular complexity index is 6.00. The Morgan fingerprint density at radius 1 is 0.333 bits per heavy atom. The fourth-order valence-corrected chi connectivity index (χ4v) is 0. The van der Waals surface area contributed by atoms with Gasteiger partial charge in [0, 0.05) is 0 Å². The predicted octanol–water partition coefficient (Wildman–Crippen LogP) is -18.0. The Balaban J connectivity index is 0. The number of halogens is 3. The molecule has 0 heterocycles. The zero-order valence-corrected chi connectivity index (χ0v) is 23.0. The summed E-state index contributed by atoms with van der Waals surface area (Å²) in [5, 5.41) is 0. The van der Waals surface area contributed by atoms with Crippen molar-refractivity contribution >= 4 is 0 Å². The largest absolute Gasteiger partial charge is 1.00 e. The number of rotatable bonds is 0. The summed E-state index contributed by atoms with van der Waals surface area (Å²) in [7, 11) is 0. The minimum Gasteiger partial charge on any atom is -1.00 e. The van der Waals surface area contributed by atoms with Crippen LogP contribution in [0.25, 0.3) is 0 Å². The van der Waals surface area contributed by atoms with Gasteiger partial charge in [0.05, 0.1) is 0 Å². The van der Waals surface area contributed by atoms with E-state index >= 15 is 0 Å². The molecular weight excluding hydrogens is 456 g/mol. The van der Waals surface area contributed by atoms with Gasteiger partial charge in [-0.1, -0.05) is 0 Å². The molecule has 0 amide bonds. The van der Waals surface area contributed by atoms with Gasteiger partial charge in [-0.05, 0) is 0 Å². The second kappa shape index (κ2) is 30.6. The minimum atomic E-state index is 0. The molecule has 6 heteroatoms. The molecule has 0 aromatic carbocycles. The first-order valence-electron chi connectivity index (χ1n) is 0. The van der Waals surface area contributed by atoms with E-state index in [1.54, 1.807) is 0 Å². The fourth-order valence-electron chi connectivity index (χ4n) is 0. The van der Waals surface area contributed by atoms with Crippen LogP contribution in [0.2, 0.25) is 0 Å². The van der Waals surface area contributed by atoms with Gasteiger partial charge in [-0.15, -0.1) is 0 Å². The summed E-state index contributed by atoms with van der Waals surface area (Å²) in [6, 6.07) is 0. The Kier molecular flexibility index (Phi) is 207. The van der Waals surface area contributed by atoms with E-state index in [0.29, 0.717) is 0 Å². The first-order chi connectivity index (χ1) is 0. The molecule has 24 valence electrons. The maximum absolute atomic E-state index is 0. The van der Waals surface area contributed by atoms with Crippen LogP contribution in [0.3, 0.4) is 0 Å². The quantitative estimate of drug-likeness (QED) is 0.340. The third-order valence-electron chi connectivity index (χ3n) is 0. The number of hydrogen-bond donors (Lipinski definition) is 0. The van der Waals surface area contributed by atoms with E-state index in [4.69, 9.17) is 0 Å². The SMILES string of the molecule is [Cs+].[Cs+].[Cs+].[F-].[F-].[F-]. The molecule has 0 nitrogen and oxygen atoms in total. The van der Waals surface area contributed by atoms with Crippen LogP contribution in [0.15, 0.2) is 0 Å². The molecule has 0 unspecified atom stereocenters. The summed E-state index contributed by atoms with van der Waals surface area (Å²) in [5.41, 5.74) is 0. The zero-order valence-electron chi connectivity index (χ0n) is 4.13. The van der Waals surface area contributed by atoms with E-state index in [9.17, 15) is 0 Å². The molecule has 0 atom stereocenters. The molecule has 0 aromatic heterocycles. The summed E-state index contributed by atoms with van der Waals surface area (Å²) < 4.78 is 0. The average molecular weight is 456 g/mol. The van der Waals surface area contributed by atoms with Crippen LogP contribution < -0.4 is 221 Å². The molecule has 0 N–H and O–H groups in total. The Morgan fingerprint density at radius 2 is 0.333 bits per heavy atom. The van der Waals surface area contributed by atoms with Crippen molar-refractivity contribution < 1.29 is 221 Å². The van der Waals surface area contributed by atoms with Crippen molar-refractivity contribution in [3.8, 4) is 0 Å². The van der Waals surface area contributed by atoms with Gasteiger partial charge in [0.15, 0.2) is 0 Å². The maximum atomic E-state index is 0. The van der Waals surface area contributed by atoms with Gasteiger partial charge in [0.25, 0.3) is 0 Å². The molecule has 0 aliphatic carbocycles. The van der Waals surface area contributed by atoms with Crippen LogP contribution in [-0.4, -0.2) is 0 Å². The minimum absolute atomic E-state index is 0. The Labute approximate surface area is 211 Å². The zero-order chi connectivity index (χ0) is 0. The topological polar surface area (TPSA) is 0 Å². The van der Waals surface area contributed by atoms with Gasteiger partial charge in [0.2, 0.25) is 0 Å². The molecular formula is Cs3F3. The third-order valence-corrected chi connectivity index (χ3v) is 0. The standard InChI is InChI=1S/3Cs.3FH/h;;;3*1H/q3*+1;;;/p-3. The van der Waals surface area contributed by atoms with E-state index < -0.39 is 0 Å². The van der Waals surface area contributed by atoms with Gasteiger partial charge in [0.1, 0.15) is 0 Å². The molecule has 0 bridgehead atoms. The predicted molar refractivity (Wildman–Crippen MR) is 0 cm³/mol. The second-order valence-electron chi connectivity index (χ2n) is 0. The molecule has 0 saturated heterocycles. The fraction of sp³-hybridized carbons (Fsp3) is 0. The van der Waals surface area contributed by atoms with Crippen molar-refractivity contribution in [3.05, 3.63) is 0 Å². The summed E-state index contributed by atoms with van der Waals surface area (Å²) in [5.74, 6) is 0. The maximum Gasteiger partial charge on any atom is 1.00 e. The summed E-state index contributed by atoms with van der Waals surface area (Å²) in [4.78, 5) is 0. The van der Waals surface area contributed by atoms with Crippen molar-refractivity contribution in [2.45, 2.75) is 0 Å². The summed E-state index contributed by atoms with van der Waals surface area (Å²) in [6.45, 7) is 0. The molecule has 0 aliphatic heterocycles. The Hall–Kier alpha value is 5.95. The van der Waals surface area contributed by atoms with Gasteiger partial charge in [-0.25, -0.2) is 0 Å². The monoisotopic (exact) mass is 456 g/mol. The smallest absolute Gasteiger partial charge is 1.00 e. The van der Waals surface area contributed by atoms with Crippen molar-refractivity contribution in [2.24, 2.45) is 0 Å². The van der Waals surface area contributed by atoms with Crippen LogP contribution in [0.1, 0.15) is 0 Å². The van der Waals surface area contributed by atoms with Crippen molar-refractivity contribution in [3.63, 3.8) is 0 Å². The number of hydrogen-bond acceptors (Lipinski definition) is 0. The van der Waals surface area contributed by atoms with E-state index in [1.807, 2.05) is 0 Å². The van der Waals surface area contributed by atoms with Gasteiger partial charge < -0.3 is 14.1 Å². The van der Waals surface area contributed by atoms with Crippen molar-refractivity contribution in [2.75, 3.05) is 0 Å². The summed E-state index contributed by atoms with van der Waals surface area (Å²) >= 11 is 0. The molecule has 0 spiro atoms. The second-order valence-corrected chi connectivity index (χ2v) is 0. The van der Waals surface area contributed by atoms with Crippen LogP contribution in [0.5, 0.6) is 0 Å². The van der Waals surface area contributed by atoms with E-state index in [1.165, 1.54) is 0 Å². The van der Waals surface area contributed by atoms with Crippen LogP contribution in [0.4, 0.5) is 0 Å². The average Bonchev–Trinajstić information content (AvgIpc) is 0. The van der Waals surface area contributed by atoms with Gasteiger partial charge in [-0.2, -0.15) is 0 Å². The van der Waals surface area contributed by atoms with E-state index in [-0.39, 0.29) is 221 Å². The molecule has 0 saturated carbocycles. The normalized spacial score (nSPS) is 0. The molecule has 0 aliphatic rings. The molecule has 0 aromatic rings. The molecule has 0 rings (SSSR count). The molecule has 0 fully saturated rings. The summed E-state index contributed by atoms with van der Waals surface area (Å²) in [6.07, 6.45) is 0. The van der Waals surface area contributed by atoms with Crippen LogP contribution >= 0.6 is 0 Å². The van der Waals surface area contributed by atoms with Gasteiger partial charge >= 0.3 is 207 Å². The van der Waals surface area contributed by atoms with Gasteiger partial charge in [-0.3, -0.25) is 0 Å². The molecule has 0 radical (unpaired) electrons. The van der Waals surface area contributed by atoms with Crippen molar-refractivity contribution in [1.82, 2.24) is 0 Å². The van der Waals surface area contributed by atoms with E-state index in [0.717, 1.165) is 0 Å². The first kappa shape index (κ1) is 40.5.